The summed E-state index contributed by atoms with van der Waals surface area (Å²) in [7, 11) is 0. The molecule has 142 valence electrons. The van der Waals surface area contributed by atoms with E-state index in [0.29, 0.717) is 36.9 Å². The first-order chi connectivity index (χ1) is 11.6. The van der Waals surface area contributed by atoms with E-state index in [1.54, 1.807) is 6.92 Å². The van der Waals surface area contributed by atoms with E-state index in [9.17, 15) is 15.0 Å². The smallest absolute Gasteiger partial charge is 0.133 e. The SMILES string of the molecule is CC(=O)C1CCC2C3CC(F)C4(O)CC(O)CCC4(C)C3CCC12C. The number of Topliss-reactive ketones (excluding diaryl/α,β-unsaturated/α-hetero) is 1. The van der Waals surface area contributed by atoms with Crippen molar-refractivity contribution in [2.45, 2.75) is 90.0 Å². The molecule has 4 aliphatic rings. The summed E-state index contributed by atoms with van der Waals surface area (Å²) in [6.07, 6.45) is 4.01. The van der Waals surface area contributed by atoms with Gasteiger partial charge in [-0.3, -0.25) is 4.79 Å². The normalized spacial score (nSPS) is 58.2. The summed E-state index contributed by atoms with van der Waals surface area (Å²) < 4.78 is 15.3. The fourth-order valence-electron chi connectivity index (χ4n) is 7.88. The fourth-order valence-corrected chi connectivity index (χ4v) is 7.88. The molecule has 4 aliphatic carbocycles. The van der Waals surface area contributed by atoms with E-state index in [1.807, 2.05) is 0 Å². The molecule has 4 heteroatoms. The summed E-state index contributed by atoms with van der Waals surface area (Å²) in [5, 5.41) is 21.3. The highest BCUT2D eigenvalue weighted by Gasteiger charge is 2.68. The third-order valence-electron chi connectivity index (χ3n) is 9.28. The minimum Gasteiger partial charge on any atom is -0.393 e. The average Bonchev–Trinajstić information content (AvgIpc) is 2.88. The zero-order chi connectivity index (χ0) is 18.2. The second-order valence-corrected chi connectivity index (χ2v) is 10.1. The summed E-state index contributed by atoms with van der Waals surface area (Å²) in [6, 6.07) is 0. The van der Waals surface area contributed by atoms with E-state index < -0.39 is 23.3 Å². The lowest BCUT2D eigenvalue weighted by Crippen LogP contribution is -2.67. The molecule has 4 rings (SSSR count). The highest BCUT2D eigenvalue weighted by Crippen LogP contribution is 2.68. The highest BCUT2D eigenvalue weighted by atomic mass is 19.1. The number of hydrogen-bond acceptors (Lipinski definition) is 3. The monoisotopic (exact) mass is 352 g/mol. The lowest BCUT2D eigenvalue weighted by Gasteiger charge is -2.64. The van der Waals surface area contributed by atoms with E-state index >= 15 is 4.39 Å². The number of hydrogen-bond donors (Lipinski definition) is 2. The Hall–Kier alpha value is -0.480. The van der Waals surface area contributed by atoms with Crippen LogP contribution in [0, 0.1) is 34.5 Å². The lowest BCUT2D eigenvalue weighted by atomic mass is 9.42. The van der Waals surface area contributed by atoms with Gasteiger partial charge in [-0.1, -0.05) is 13.8 Å². The molecule has 9 atom stereocenters. The van der Waals surface area contributed by atoms with Gasteiger partial charge in [-0.15, -0.1) is 0 Å². The summed E-state index contributed by atoms with van der Waals surface area (Å²) >= 11 is 0. The van der Waals surface area contributed by atoms with Gasteiger partial charge in [-0.2, -0.15) is 0 Å². The molecular formula is C21H33FO3. The predicted octanol–water partition coefficient (Wildman–Crippen LogP) is 3.66. The number of carbonyl (C=O) groups excluding carboxylic acids is 1. The molecule has 2 N–H and O–H groups in total. The molecule has 25 heavy (non-hydrogen) atoms. The van der Waals surface area contributed by atoms with Gasteiger partial charge in [0, 0.05) is 17.8 Å². The quantitative estimate of drug-likeness (QED) is 0.757. The molecule has 0 aromatic heterocycles. The molecule has 9 unspecified atom stereocenters. The van der Waals surface area contributed by atoms with Crippen molar-refractivity contribution in [2.75, 3.05) is 0 Å². The third kappa shape index (κ3) is 2.19. The molecule has 4 fully saturated rings. The number of halogens is 1. The van der Waals surface area contributed by atoms with Crippen LogP contribution in [0.15, 0.2) is 0 Å². The second-order valence-electron chi connectivity index (χ2n) is 10.1. The van der Waals surface area contributed by atoms with Crippen molar-refractivity contribution in [3.63, 3.8) is 0 Å². The number of ketones is 1. The summed E-state index contributed by atoms with van der Waals surface area (Å²) in [4.78, 5) is 12.2. The zero-order valence-electron chi connectivity index (χ0n) is 15.8. The van der Waals surface area contributed by atoms with Crippen LogP contribution in [0.25, 0.3) is 0 Å². The van der Waals surface area contributed by atoms with Crippen molar-refractivity contribution in [2.24, 2.45) is 34.5 Å². The molecule has 0 heterocycles. The molecule has 0 radical (unpaired) electrons. The van der Waals surface area contributed by atoms with Gasteiger partial charge in [0.05, 0.1) is 6.10 Å². The first-order valence-corrected chi connectivity index (χ1v) is 10.2. The molecule has 3 nitrogen and oxygen atoms in total. The fraction of sp³-hybridized carbons (Fsp3) is 0.952. The summed E-state index contributed by atoms with van der Waals surface area (Å²) in [6.45, 7) is 6.04. The van der Waals surface area contributed by atoms with Crippen LogP contribution in [-0.4, -0.2) is 33.9 Å². The van der Waals surface area contributed by atoms with Gasteiger partial charge in [0.15, 0.2) is 0 Å². The standard InChI is InChI=1S/C21H33FO3/c1-12(23)15-4-5-16-14-10-18(22)21(25)11-13(24)6-9-20(21,3)17(14)7-8-19(15,16)2/h13-18,24-25H,4-11H2,1-3H3. The largest absolute Gasteiger partial charge is 0.393 e. The molecule has 0 aromatic carbocycles. The number of aliphatic hydroxyl groups is 2. The Balaban J connectivity index is 1.69. The Labute approximate surface area is 150 Å². The van der Waals surface area contributed by atoms with E-state index in [-0.39, 0.29) is 23.7 Å². The molecule has 0 spiro atoms. The van der Waals surface area contributed by atoms with E-state index in [1.165, 1.54) is 0 Å². The number of alkyl halides is 1. The topological polar surface area (TPSA) is 57.5 Å². The molecular weight excluding hydrogens is 319 g/mol. The van der Waals surface area contributed by atoms with E-state index in [0.717, 1.165) is 25.7 Å². The van der Waals surface area contributed by atoms with Gasteiger partial charge < -0.3 is 10.2 Å². The third-order valence-corrected chi connectivity index (χ3v) is 9.28. The zero-order valence-corrected chi connectivity index (χ0v) is 15.8. The van der Waals surface area contributed by atoms with Crippen LogP contribution in [-0.2, 0) is 4.79 Å². The summed E-state index contributed by atoms with van der Waals surface area (Å²) in [5.41, 5.74) is -1.84. The van der Waals surface area contributed by atoms with Crippen LogP contribution >= 0.6 is 0 Å². The van der Waals surface area contributed by atoms with Gasteiger partial charge in [-0.25, -0.2) is 4.39 Å². The van der Waals surface area contributed by atoms with Gasteiger partial charge in [0.1, 0.15) is 17.6 Å². The Morgan fingerprint density at radius 2 is 1.80 bits per heavy atom. The van der Waals surface area contributed by atoms with Crippen LogP contribution in [0.3, 0.4) is 0 Å². The van der Waals surface area contributed by atoms with Crippen LogP contribution in [0.2, 0.25) is 0 Å². The second kappa shape index (κ2) is 5.51. The van der Waals surface area contributed by atoms with Crippen molar-refractivity contribution in [1.82, 2.24) is 0 Å². The van der Waals surface area contributed by atoms with Crippen LogP contribution < -0.4 is 0 Å². The van der Waals surface area contributed by atoms with Gasteiger partial charge in [0.25, 0.3) is 0 Å². The summed E-state index contributed by atoms with van der Waals surface area (Å²) in [5.74, 6) is 1.38. The predicted molar refractivity (Wildman–Crippen MR) is 93.6 cm³/mol. The minimum absolute atomic E-state index is 0.00666. The Kier molecular flexibility index (Phi) is 3.95. The minimum atomic E-state index is -1.39. The first kappa shape index (κ1) is 17.9. The van der Waals surface area contributed by atoms with Crippen molar-refractivity contribution in [1.29, 1.82) is 0 Å². The number of aliphatic hydroxyl groups excluding tert-OH is 1. The molecule has 0 amide bonds. The van der Waals surface area contributed by atoms with Crippen molar-refractivity contribution in [3.05, 3.63) is 0 Å². The molecule has 0 saturated heterocycles. The Morgan fingerprint density at radius 3 is 2.48 bits per heavy atom. The Bertz CT molecular complexity index is 579. The van der Waals surface area contributed by atoms with Gasteiger partial charge >= 0.3 is 0 Å². The molecule has 0 aliphatic heterocycles. The van der Waals surface area contributed by atoms with Crippen molar-refractivity contribution >= 4 is 5.78 Å². The van der Waals surface area contributed by atoms with Crippen LogP contribution in [0.4, 0.5) is 4.39 Å². The molecule has 4 saturated carbocycles. The van der Waals surface area contributed by atoms with Gasteiger partial charge in [0.2, 0.25) is 0 Å². The average molecular weight is 352 g/mol. The van der Waals surface area contributed by atoms with E-state index in [4.69, 9.17) is 0 Å². The maximum absolute atomic E-state index is 15.3. The maximum Gasteiger partial charge on any atom is 0.133 e. The molecule has 0 aromatic rings. The highest BCUT2D eigenvalue weighted by molar-refractivity contribution is 5.79. The van der Waals surface area contributed by atoms with Gasteiger partial charge in [-0.05, 0) is 75.0 Å². The van der Waals surface area contributed by atoms with Crippen molar-refractivity contribution in [3.8, 4) is 0 Å². The first-order valence-electron chi connectivity index (χ1n) is 10.2. The number of fused-ring (bicyclic) bond motifs is 5. The molecule has 0 bridgehead atoms. The maximum atomic E-state index is 15.3. The van der Waals surface area contributed by atoms with Crippen LogP contribution in [0.5, 0.6) is 0 Å². The lowest BCUT2D eigenvalue weighted by molar-refractivity contribution is -0.249. The Morgan fingerprint density at radius 1 is 1.08 bits per heavy atom. The number of carbonyl (C=O) groups is 1. The number of rotatable bonds is 1. The van der Waals surface area contributed by atoms with Crippen LogP contribution in [0.1, 0.15) is 72.1 Å². The van der Waals surface area contributed by atoms with E-state index in [2.05, 4.69) is 13.8 Å². The van der Waals surface area contributed by atoms with Crippen molar-refractivity contribution < 1.29 is 19.4 Å².